The molecule has 19 heavy (non-hydrogen) atoms. The molecule has 1 atom stereocenters. The van der Waals surface area contributed by atoms with E-state index in [0.717, 1.165) is 6.42 Å². The van der Waals surface area contributed by atoms with Crippen LogP contribution in [0.1, 0.15) is 23.8 Å². The summed E-state index contributed by atoms with van der Waals surface area (Å²) in [4.78, 5) is 16.2. The van der Waals surface area contributed by atoms with Crippen LogP contribution in [0.3, 0.4) is 0 Å². The van der Waals surface area contributed by atoms with Crippen LogP contribution in [0.5, 0.6) is 0 Å². The smallest absolute Gasteiger partial charge is 0.269 e. The summed E-state index contributed by atoms with van der Waals surface area (Å²) >= 11 is 0. The van der Waals surface area contributed by atoms with Gasteiger partial charge in [-0.25, -0.2) is 9.67 Å². The molecule has 6 nitrogen and oxygen atoms in total. The second-order valence-electron chi connectivity index (χ2n) is 4.35. The first-order chi connectivity index (χ1) is 9.16. The first-order valence-electron chi connectivity index (χ1n) is 6.17. The molecule has 0 saturated heterocycles. The lowest BCUT2D eigenvalue weighted by molar-refractivity contribution is 0.0947. The Hall–Kier alpha value is -2.21. The quantitative estimate of drug-likeness (QED) is 0.829. The van der Waals surface area contributed by atoms with E-state index >= 15 is 0 Å². The molecule has 100 valence electrons. The molecule has 2 aromatic rings. The van der Waals surface area contributed by atoms with E-state index in [2.05, 4.69) is 15.4 Å². The highest BCUT2D eigenvalue weighted by Crippen LogP contribution is 2.04. The average Bonchev–Trinajstić information content (AvgIpc) is 2.92. The molecule has 2 heterocycles. The van der Waals surface area contributed by atoms with Crippen molar-refractivity contribution < 1.29 is 4.79 Å². The maximum Gasteiger partial charge on any atom is 0.269 e. The molecule has 0 radical (unpaired) electrons. The molecule has 0 fully saturated rings. The first kappa shape index (κ1) is 13.2. The molecule has 0 aromatic carbocycles. The van der Waals surface area contributed by atoms with E-state index in [-0.39, 0.29) is 11.9 Å². The van der Waals surface area contributed by atoms with Gasteiger partial charge in [-0.3, -0.25) is 4.79 Å². The zero-order chi connectivity index (χ0) is 13.7. The van der Waals surface area contributed by atoms with Crippen LogP contribution in [0.25, 0.3) is 5.82 Å². The topological polar surface area (TPSA) is 85.8 Å². The number of rotatable bonds is 5. The van der Waals surface area contributed by atoms with Crippen molar-refractivity contribution >= 4 is 5.91 Å². The van der Waals surface area contributed by atoms with Crippen molar-refractivity contribution in [2.75, 3.05) is 6.54 Å². The molecule has 0 aliphatic heterocycles. The van der Waals surface area contributed by atoms with Crippen LogP contribution < -0.4 is 11.1 Å². The zero-order valence-electron chi connectivity index (χ0n) is 10.8. The van der Waals surface area contributed by atoms with Gasteiger partial charge in [0.1, 0.15) is 5.69 Å². The van der Waals surface area contributed by atoms with Gasteiger partial charge in [-0.1, -0.05) is 6.07 Å². The number of nitrogens with two attached hydrogens (primary N) is 1. The Balaban J connectivity index is 2.04. The Morgan fingerprint density at radius 1 is 1.47 bits per heavy atom. The van der Waals surface area contributed by atoms with E-state index < -0.39 is 0 Å². The number of nitrogens with zero attached hydrogens (tertiary/aromatic N) is 3. The van der Waals surface area contributed by atoms with Gasteiger partial charge in [-0.15, -0.1) is 0 Å². The Morgan fingerprint density at radius 3 is 3.00 bits per heavy atom. The number of pyridine rings is 1. The molecule has 2 aromatic heterocycles. The Morgan fingerprint density at radius 2 is 2.32 bits per heavy atom. The molecular weight excluding hydrogens is 242 g/mol. The Labute approximate surface area is 111 Å². The highest BCUT2D eigenvalue weighted by atomic mass is 16.1. The molecule has 0 aliphatic carbocycles. The zero-order valence-corrected chi connectivity index (χ0v) is 10.8. The molecule has 1 unspecified atom stereocenters. The van der Waals surface area contributed by atoms with Gasteiger partial charge in [0.2, 0.25) is 0 Å². The molecule has 0 aliphatic rings. The van der Waals surface area contributed by atoms with E-state index in [1.165, 1.54) is 0 Å². The lowest BCUT2D eigenvalue weighted by Crippen LogP contribution is -2.29. The lowest BCUT2D eigenvalue weighted by Gasteiger charge is -2.07. The second-order valence-corrected chi connectivity index (χ2v) is 4.35. The van der Waals surface area contributed by atoms with Gasteiger partial charge in [0.25, 0.3) is 5.91 Å². The van der Waals surface area contributed by atoms with Crippen LogP contribution in [0.4, 0.5) is 0 Å². The summed E-state index contributed by atoms with van der Waals surface area (Å²) in [7, 11) is 0. The van der Waals surface area contributed by atoms with Crippen LogP contribution in [-0.4, -0.2) is 33.3 Å². The number of hydrogen-bond donors (Lipinski definition) is 2. The molecular formula is C13H17N5O. The second kappa shape index (κ2) is 6.10. The normalized spacial score (nSPS) is 12.1. The van der Waals surface area contributed by atoms with Crippen molar-refractivity contribution in [3.63, 3.8) is 0 Å². The minimum Gasteiger partial charge on any atom is -0.351 e. The van der Waals surface area contributed by atoms with Crippen molar-refractivity contribution in [1.29, 1.82) is 0 Å². The van der Waals surface area contributed by atoms with E-state index in [1.807, 2.05) is 6.92 Å². The summed E-state index contributed by atoms with van der Waals surface area (Å²) in [5.41, 5.74) is 6.00. The van der Waals surface area contributed by atoms with Gasteiger partial charge in [0, 0.05) is 25.0 Å². The van der Waals surface area contributed by atoms with Gasteiger partial charge >= 0.3 is 0 Å². The SMILES string of the molecule is CC(N)CCNC(=O)c1cccc(-n2cccn2)n1. The van der Waals surface area contributed by atoms with Crippen LogP contribution in [0.15, 0.2) is 36.7 Å². The minimum atomic E-state index is -0.199. The molecule has 3 N–H and O–H groups in total. The predicted molar refractivity (Wildman–Crippen MR) is 72.0 cm³/mol. The number of amides is 1. The highest BCUT2D eigenvalue weighted by Gasteiger charge is 2.08. The summed E-state index contributed by atoms with van der Waals surface area (Å²) in [6.45, 7) is 2.45. The number of hydrogen-bond acceptors (Lipinski definition) is 4. The van der Waals surface area contributed by atoms with Gasteiger partial charge in [0.15, 0.2) is 5.82 Å². The van der Waals surface area contributed by atoms with Crippen LogP contribution in [0, 0.1) is 0 Å². The number of carbonyl (C=O) groups excluding carboxylic acids is 1. The molecule has 0 spiro atoms. The van der Waals surface area contributed by atoms with Gasteiger partial charge in [0.05, 0.1) is 0 Å². The van der Waals surface area contributed by atoms with Gasteiger partial charge < -0.3 is 11.1 Å². The maximum absolute atomic E-state index is 11.9. The maximum atomic E-state index is 11.9. The van der Waals surface area contributed by atoms with Crippen molar-refractivity contribution in [2.24, 2.45) is 5.73 Å². The van der Waals surface area contributed by atoms with Crippen molar-refractivity contribution in [3.05, 3.63) is 42.4 Å². The van der Waals surface area contributed by atoms with Gasteiger partial charge in [-0.05, 0) is 31.5 Å². The molecule has 2 rings (SSSR count). The number of nitrogens with one attached hydrogen (secondary N) is 1. The molecule has 0 saturated carbocycles. The standard InChI is InChI=1S/C13H17N5O/c1-10(14)6-8-15-13(19)11-4-2-5-12(17-11)18-9-3-7-16-18/h2-5,7,9-10H,6,8,14H2,1H3,(H,15,19). The third kappa shape index (κ3) is 3.62. The van der Waals surface area contributed by atoms with E-state index in [1.54, 1.807) is 41.3 Å². The largest absolute Gasteiger partial charge is 0.351 e. The van der Waals surface area contributed by atoms with E-state index in [4.69, 9.17) is 5.73 Å². The minimum absolute atomic E-state index is 0.0728. The fourth-order valence-electron chi connectivity index (χ4n) is 1.59. The summed E-state index contributed by atoms with van der Waals surface area (Å²) in [5.74, 6) is 0.416. The van der Waals surface area contributed by atoms with Gasteiger partial charge in [-0.2, -0.15) is 5.10 Å². The average molecular weight is 259 g/mol. The third-order valence-electron chi connectivity index (χ3n) is 2.59. The fraction of sp³-hybridized carbons (Fsp3) is 0.308. The molecule has 1 amide bonds. The van der Waals surface area contributed by atoms with Crippen LogP contribution >= 0.6 is 0 Å². The number of carbonyl (C=O) groups is 1. The van der Waals surface area contributed by atoms with Crippen molar-refractivity contribution in [1.82, 2.24) is 20.1 Å². The van der Waals surface area contributed by atoms with Crippen molar-refractivity contribution in [2.45, 2.75) is 19.4 Å². The predicted octanol–water partition coefficient (Wildman–Crippen LogP) is 0.734. The highest BCUT2D eigenvalue weighted by molar-refractivity contribution is 5.92. The van der Waals surface area contributed by atoms with E-state index in [0.29, 0.717) is 18.1 Å². The lowest BCUT2D eigenvalue weighted by atomic mass is 10.2. The fourth-order valence-corrected chi connectivity index (χ4v) is 1.59. The summed E-state index contributed by atoms with van der Waals surface area (Å²) in [6.07, 6.45) is 4.18. The Kier molecular flexibility index (Phi) is 4.25. The molecule has 6 heteroatoms. The van der Waals surface area contributed by atoms with Crippen LogP contribution in [0.2, 0.25) is 0 Å². The monoisotopic (exact) mass is 259 g/mol. The third-order valence-corrected chi connectivity index (χ3v) is 2.59. The summed E-state index contributed by atoms with van der Waals surface area (Å²) in [6, 6.07) is 7.13. The summed E-state index contributed by atoms with van der Waals surface area (Å²) in [5, 5.41) is 6.87. The Bertz CT molecular complexity index is 536. The van der Waals surface area contributed by atoms with E-state index in [9.17, 15) is 4.79 Å². The first-order valence-corrected chi connectivity index (χ1v) is 6.17. The number of aromatic nitrogens is 3. The summed E-state index contributed by atoms with van der Waals surface area (Å²) < 4.78 is 1.61. The van der Waals surface area contributed by atoms with Crippen LogP contribution in [-0.2, 0) is 0 Å². The van der Waals surface area contributed by atoms with Crippen molar-refractivity contribution in [3.8, 4) is 5.82 Å². The molecule has 0 bridgehead atoms.